The van der Waals surface area contributed by atoms with E-state index in [-0.39, 0.29) is 11.4 Å². The van der Waals surface area contributed by atoms with Gasteiger partial charge >= 0.3 is 0 Å². The fourth-order valence-corrected chi connectivity index (χ4v) is 5.71. The van der Waals surface area contributed by atoms with E-state index in [9.17, 15) is 0 Å². The Kier molecular flexibility index (Phi) is 8.71. The molecule has 4 heterocycles. The van der Waals surface area contributed by atoms with Crippen LogP contribution in [0.3, 0.4) is 0 Å². The molecule has 0 radical (unpaired) electrons. The molecule has 0 amide bonds. The number of hydrogen-bond acceptors (Lipinski definition) is 7. The summed E-state index contributed by atoms with van der Waals surface area (Å²) in [5, 5.41) is 19.4. The van der Waals surface area contributed by atoms with Gasteiger partial charge in [0.1, 0.15) is 0 Å². The van der Waals surface area contributed by atoms with Crippen LogP contribution in [-0.2, 0) is 0 Å². The van der Waals surface area contributed by atoms with Gasteiger partial charge in [0, 0.05) is 83.1 Å². The molecule has 0 bridgehead atoms. The van der Waals surface area contributed by atoms with Crippen LogP contribution in [0.1, 0.15) is 11.1 Å². The molecule has 0 atom stereocenters. The number of anilines is 1. The minimum Gasteiger partial charge on any atom is -0.399 e. The highest BCUT2D eigenvalue weighted by atomic mass is 14.6. The molecular formula is C42H31N7. The average Bonchev–Trinajstić information content (AvgIpc) is 3.17. The van der Waals surface area contributed by atoms with Crippen molar-refractivity contribution in [2.45, 2.75) is 0 Å². The number of hydrogen-bond donors (Lipinski definition) is 3. The highest BCUT2D eigenvalue weighted by Gasteiger charge is 2.20. The molecule has 7 heteroatoms. The van der Waals surface area contributed by atoms with E-state index in [1.165, 1.54) is 16.3 Å². The number of nitrogens with zero attached hydrogens (tertiary/aromatic N) is 4. The van der Waals surface area contributed by atoms with E-state index in [4.69, 9.17) is 16.6 Å². The summed E-state index contributed by atoms with van der Waals surface area (Å²) in [5.74, 6) is 0. The maximum absolute atomic E-state index is 8.50. The van der Waals surface area contributed by atoms with Crippen LogP contribution < -0.4 is 5.73 Å². The van der Waals surface area contributed by atoms with Gasteiger partial charge in [-0.05, 0) is 105 Å². The fourth-order valence-electron chi connectivity index (χ4n) is 5.71. The second-order valence-corrected chi connectivity index (χ2v) is 11.5. The van der Waals surface area contributed by atoms with E-state index >= 15 is 0 Å². The summed E-state index contributed by atoms with van der Waals surface area (Å²) in [6, 6.07) is 34.6. The lowest BCUT2D eigenvalue weighted by Crippen LogP contribution is -2.16. The van der Waals surface area contributed by atoms with Crippen molar-refractivity contribution in [3.05, 3.63) is 176 Å². The standard InChI is InChI=1S/C26H18N6.C16H13N/c27-25-12-19(22-9-20(13-31-15-22)17-1-5-29-6-2-17)11-24(26(25)28)23-10-21(14-32-16-23)18-3-7-30-8-4-18;17-16-7-3-6-14(11-16)15-9-8-12-4-1-2-5-13(12)10-15/h1-16,27-28H;1-11H,17H2. The van der Waals surface area contributed by atoms with Gasteiger partial charge in [-0.15, -0.1) is 0 Å². The van der Waals surface area contributed by atoms with Gasteiger partial charge in [-0.25, -0.2) is 0 Å². The number of nitrogen functional groups attached to an aromatic ring is 1. The quantitative estimate of drug-likeness (QED) is 0.129. The average molecular weight is 634 g/mol. The summed E-state index contributed by atoms with van der Waals surface area (Å²) in [5.41, 5.74) is 16.4. The molecule has 0 fully saturated rings. The molecule has 3 aromatic carbocycles. The zero-order valence-corrected chi connectivity index (χ0v) is 26.5. The van der Waals surface area contributed by atoms with Crippen LogP contribution in [0.15, 0.2) is 165 Å². The summed E-state index contributed by atoms with van der Waals surface area (Å²) in [6.07, 6.45) is 17.7. The van der Waals surface area contributed by atoms with Gasteiger partial charge in [-0.2, -0.15) is 0 Å². The Bertz CT molecular complexity index is 2380. The fraction of sp³-hybridized carbons (Fsp3) is 0. The molecule has 7 nitrogen and oxygen atoms in total. The lowest BCUT2D eigenvalue weighted by atomic mass is 9.88. The first kappa shape index (κ1) is 30.8. The summed E-state index contributed by atoms with van der Waals surface area (Å²) < 4.78 is 0. The normalized spacial score (nSPS) is 12.5. The zero-order valence-electron chi connectivity index (χ0n) is 26.5. The molecule has 0 aliphatic heterocycles. The molecule has 0 unspecified atom stereocenters. The number of benzene rings is 3. The summed E-state index contributed by atoms with van der Waals surface area (Å²) in [7, 11) is 0. The van der Waals surface area contributed by atoms with Gasteiger partial charge in [0.05, 0.1) is 11.4 Å². The first-order valence-corrected chi connectivity index (χ1v) is 15.7. The Morgan fingerprint density at radius 2 is 1.02 bits per heavy atom. The maximum Gasteiger partial charge on any atom is 0.0868 e. The second kappa shape index (κ2) is 13.9. The number of fused-ring (bicyclic) bond motifs is 1. The Morgan fingerprint density at radius 1 is 0.429 bits per heavy atom. The van der Waals surface area contributed by atoms with Crippen LogP contribution in [0.5, 0.6) is 0 Å². The van der Waals surface area contributed by atoms with Gasteiger partial charge in [0.2, 0.25) is 0 Å². The number of pyridine rings is 4. The summed E-state index contributed by atoms with van der Waals surface area (Å²) >= 11 is 0. The number of nitrogens with one attached hydrogen (secondary N) is 2. The van der Waals surface area contributed by atoms with E-state index in [2.05, 4.69) is 68.5 Å². The minimum absolute atomic E-state index is 0.154. The molecule has 0 spiro atoms. The first-order valence-electron chi connectivity index (χ1n) is 15.7. The molecule has 49 heavy (non-hydrogen) atoms. The van der Waals surface area contributed by atoms with E-state index in [1.54, 1.807) is 49.5 Å². The van der Waals surface area contributed by atoms with Gasteiger partial charge in [0.25, 0.3) is 0 Å². The van der Waals surface area contributed by atoms with E-state index in [1.807, 2.05) is 66.9 Å². The van der Waals surface area contributed by atoms with Crippen LogP contribution in [-0.4, -0.2) is 31.4 Å². The Hall–Kier alpha value is -6.86. The van der Waals surface area contributed by atoms with Gasteiger partial charge in [0.15, 0.2) is 0 Å². The molecule has 234 valence electrons. The number of nitrogens with two attached hydrogens (primary N) is 1. The molecule has 1 aliphatic carbocycles. The second-order valence-electron chi connectivity index (χ2n) is 11.5. The van der Waals surface area contributed by atoms with Crippen molar-refractivity contribution >= 4 is 39.0 Å². The van der Waals surface area contributed by atoms with Gasteiger partial charge in [-0.3, -0.25) is 30.8 Å². The van der Waals surface area contributed by atoms with Crippen molar-refractivity contribution < 1.29 is 0 Å². The molecule has 0 saturated carbocycles. The summed E-state index contributed by atoms with van der Waals surface area (Å²) in [4.78, 5) is 16.9. The third-order valence-corrected chi connectivity index (χ3v) is 8.26. The van der Waals surface area contributed by atoms with Crippen molar-refractivity contribution in [2.75, 3.05) is 5.73 Å². The van der Waals surface area contributed by atoms with Crippen molar-refractivity contribution in [1.29, 1.82) is 10.8 Å². The lowest BCUT2D eigenvalue weighted by Gasteiger charge is -2.17. The van der Waals surface area contributed by atoms with Crippen LogP contribution in [0, 0.1) is 10.8 Å². The third-order valence-electron chi connectivity index (χ3n) is 8.26. The Morgan fingerprint density at radius 3 is 1.69 bits per heavy atom. The van der Waals surface area contributed by atoms with Gasteiger partial charge < -0.3 is 5.73 Å². The topological polar surface area (TPSA) is 125 Å². The zero-order chi connectivity index (χ0) is 33.6. The van der Waals surface area contributed by atoms with Crippen LogP contribution in [0.4, 0.5) is 5.69 Å². The molecule has 1 aliphatic rings. The predicted octanol–water partition coefficient (Wildman–Crippen LogP) is 9.21. The van der Waals surface area contributed by atoms with E-state index in [0.29, 0.717) is 5.57 Å². The molecule has 0 saturated heterocycles. The first-order chi connectivity index (χ1) is 24.0. The molecule has 8 rings (SSSR count). The lowest BCUT2D eigenvalue weighted by molar-refractivity contribution is 1.29. The number of rotatable bonds is 5. The Labute approximate surface area is 284 Å². The molecule has 4 aromatic heterocycles. The third kappa shape index (κ3) is 6.96. The van der Waals surface area contributed by atoms with Gasteiger partial charge in [-0.1, -0.05) is 48.5 Å². The smallest absolute Gasteiger partial charge is 0.0868 e. The molecular weight excluding hydrogens is 603 g/mol. The number of aromatic nitrogens is 4. The van der Waals surface area contributed by atoms with Crippen LogP contribution >= 0.6 is 0 Å². The van der Waals surface area contributed by atoms with Crippen LogP contribution in [0.2, 0.25) is 0 Å². The highest BCUT2D eigenvalue weighted by molar-refractivity contribution is 6.61. The van der Waals surface area contributed by atoms with E-state index < -0.39 is 0 Å². The maximum atomic E-state index is 8.50. The predicted molar refractivity (Wildman–Crippen MR) is 200 cm³/mol. The molecule has 7 aromatic rings. The summed E-state index contributed by atoms with van der Waals surface area (Å²) in [6.45, 7) is 0. The number of allylic oxidation sites excluding steroid dienone is 4. The minimum atomic E-state index is 0.154. The Balaban J connectivity index is 0.000000186. The molecule has 4 N–H and O–H groups in total. The highest BCUT2D eigenvalue weighted by Crippen LogP contribution is 2.31. The monoisotopic (exact) mass is 633 g/mol. The van der Waals surface area contributed by atoms with Crippen LogP contribution in [0.25, 0.3) is 55.3 Å². The largest absolute Gasteiger partial charge is 0.399 e. The van der Waals surface area contributed by atoms with E-state index in [0.717, 1.165) is 50.2 Å². The van der Waals surface area contributed by atoms with Crippen molar-refractivity contribution in [2.24, 2.45) is 0 Å². The van der Waals surface area contributed by atoms with Crippen molar-refractivity contribution in [1.82, 2.24) is 19.9 Å². The van der Waals surface area contributed by atoms with Crippen molar-refractivity contribution in [3.8, 4) is 33.4 Å². The SMILES string of the molecule is N=C1C=C(c2cncc(-c3ccncc3)c2)C=C(c2cncc(-c3ccncc3)c2)C1=N.Nc1cccc(-c2ccc3ccccc3c2)c1. The van der Waals surface area contributed by atoms with Crippen molar-refractivity contribution in [3.63, 3.8) is 0 Å².